The van der Waals surface area contributed by atoms with Crippen LogP contribution in [0.1, 0.15) is 77.1 Å². The van der Waals surface area contributed by atoms with Crippen molar-refractivity contribution in [2.45, 2.75) is 80.2 Å². The molecule has 0 radical (unpaired) electrons. The summed E-state index contributed by atoms with van der Waals surface area (Å²) >= 11 is 0. The summed E-state index contributed by atoms with van der Waals surface area (Å²) in [5.74, 6) is 1.09. The number of nitrogens with one attached hydrogen (secondary N) is 2. The lowest BCUT2D eigenvalue weighted by Gasteiger charge is -2.23. The lowest BCUT2D eigenvalue weighted by atomic mass is 9.83. The molecule has 188 valence electrons. The van der Waals surface area contributed by atoms with Gasteiger partial charge in [0.2, 0.25) is 0 Å². The monoisotopic (exact) mass is 472 g/mol. The third-order valence-corrected chi connectivity index (χ3v) is 6.34. The van der Waals surface area contributed by atoms with Crippen molar-refractivity contribution >= 4 is 17.1 Å². The van der Waals surface area contributed by atoms with Gasteiger partial charge in [-0.05, 0) is 101 Å². The molecule has 0 aliphatic heterocycles. The van der Waals surface area contributed by atoms with Gasteiger partial charge in [-0.25, -0.2) is 0 Å². The summed E-state index contributed by atoms with van der Waals surface area (Å²) in [6, 6.07) is 21.4. The SMILES string of the molecule is Cc1cc(CNc2ccc(Nc3ccc(CC(C)CC(C)(C)C)cc3)cc2)cc(C(C)(C)C)c1O. The van der Waals surface area contributed by atoms with Gasteiger partial charge in [-0.15, -0.1) is 0 Å². The highest BCUT2D eigenvalue weighted by Gasteiger charge is 2.20. The molecule has 3 aromatic rings. The number of rotatable bonds is 8. The molecule has 0 spiro atoms. The third-order valence-electron chi connectivity index (χ3n) is 6.34. The van der Waals surface area contributed by atoms with Gasteiger partial charge in [-0.2, -0.15) is 0 Å². The Morgan fingerprint density at radius 1 is 0.771 bits per heavy atom. The second kappa shape index (κ2) is 10.8. The molecule has 0 fully saturated rings. The Balaban J connectivity index is 1.57. The molecule has 3 N–H and O–H groups in total. The molecule has 0 aromatic heterocycles. The average molecular weight is 473 g/mol. The number of hydrogen-bond acceptors (Lipinski definition) is 3. The summed E-state index contributed by atoms with van der Waals surface area (Å²) in [6.45, 7) is 18.4. The van der Waals surface area contributed by atoms with Crippen molar-refractivity contribution in [3.8, 4) is 5.75 Å². The van der Waals surface area contributed by atoms with E-state index in [9.17, 15) is 5.11 Å². The van der Waals surface area contributed by atoms with Crippen LogP contribution in [0.4, 0.5) is 17.1 Å². The van der Waals surface area contributed by atoms with Crippen LogP contribution in [-0.2, 0) is 18.4 Å². The maximum Gasteiger partial charge on any atom is 0.122 e. The first-order chi connectivity index (χ1) is 16.3. The summed E-state index contributed by atoms with van der Waals surface area (Å²) < 4.78 is 0. The maximum absolute atomic E-state index is 10.5. The molecule has 0 aliphatic carbocycles. The number of phenolic OH excluding ortho intramolecular Hbond substituents is 1. The first-order valence-corrected chi connectivity index (χ1v) is 12.8. The molecule has 0 saturated heterocycles. The second-order valence-corrected chi connectivity index (χ2v) is 12.4. The van der Waals surface area contributed by atoms with Gasteiger partial charge >= 0.3 is 0 Å². The summed E-state index contributed by atoms with van der Waals surface area (Å²) in [7, 11) is 0. The molecule has 0 amide bonds. The van der Waals surface area contributed by atoms with Gasteiger partial charge < -0.3 is 15.7 Å². The van der Waals surface area contributed by atoms with Crippen molar-refractivity contribution in [3.05, 3.63) is 82.9 Å². The lowest BCUT2D eigenvalue weighted by Crippen LogP contribution is -2.13. The summed E-state index contributed by atoms with van der Waals surface area (Å²) in [5, 5.41) is 17.5. The molecule has 1 unspecified atom stereocenters. The van der Waals surface area contributed by atoms with E-state index >= 15 is 0 Å². The van der Waals surface area contributed by atoms with Crippen LogP contribution in [-0.4, -0.2) is 5.11 Å². The molecule has 0 saturated carbocycles. The minimum absolute atomic E-state index is 0.0962. The van der Waals surface area contributed by atoms with Crippen LogP contribution in [0.15, 0.2) is 60.7 Å². The smallest absolute Gasteiger partial charge is 0.122 e. The minimum Gasteiger partial charge on any atom is -0.507 e. The predicted octanol–water partition coefficient (Wildman–Crippen LogP) is 8.97. The molecular weight excluding hydrogens is 428 g/mol. The number of aromatic hydroxyl groups is 1. The molecule has 0 bridgehead atoms. The molecule has 0 aliphatic rings. The van der Waals surface area contributed by atoms with Gasteiger partial charge in [-0.3, -0.25) is 0 Å². The number of aryl methyl sites for hydroxylation is 1. The van der Waals surface area contributed by atoms with Crippen LogP contribution in [0, 0.1) is 18.3 Å². The molecular formula is C32H44N2O. The Hall–Kier alpha value is -2.94. The molecule has 35 heavy (non-hydrogen) atoms. The summed E-state index contributed by atoms with van der Waals surface area (Å²) in [5.41, 5.74) is 8.00. The van der Waals surface area contributed by atoms with Gasteiger partial charge in [0.1, 0.15) is 5.75 Å². The Labute approximate surface area is 213 Å². The van der Waals surface area contributed by atoms with Crippen LogP contribution in [0.2, 0.25) is 0 Å². The molecule has 0 heterocycles. The lowest BCUT2D eigenvalue weighted by molar-refractivity contribution is 0.306. The van der Waals surface area contributed by atoms with Crippen molar-refractivity contribution in [1.82, 2.24) is 0 Å². The second-order valence-electron chi connectivity index (χ2n) is 12.4. The molecule has 3 nitrogen and oxygen atoms in total. The zero-order valence-electron chi connectivity index (χ0n) is 22.9. The van der Waals surface area contributed by atoms with Crippen LogP contribution in [0.5, 0.6) is 5.75 Å². The number of hydrogen-bond donors (Lipinski definition) is 3. The Bertz CT molecular complexity index is 1100. The zero-order chi connectivity index (χ0) is 25.8. The Morgan fingerprint density at radius 2 is 1.31 bits per heavy atom. The molecule has 3 heteroatoms. The predicted molar refractivity (Wildman–Crippen MR) is 152 cm³/mol. The van der Waals surface area contributed by atoms with E-state index in [4.69, 9.17) is 0 Å². The van der Waals surface area contributed by atoms with Crippen LogP contribution in [0.3, 0.4) is 0 Å². The largest absolute Gasteiger partial charge is 0.507 e. The Kier molecular flexibility index (Phi) is 8.20. The van der Waals surface area contributed by atoms with E-state index in [1.54, 1.807) is 0 Å². The van der Waals surface area contributed by atoms with Crippen LogP contribution >= 0.6 is 0 Å². The van der Waals surface area contributed by atoms with Gasteiger partial charge in [0, 0.05) is 23.6 Å². The zero-order valence-corrected chi connectivity index (χ0v) is 22.9. The van der Waals surface area contributed by atoms with Gasteiger partial charge in [0.25, 0.3) is 0 Å². The first kappa shape index (κ1) is 26.7. The Morgan fingerprint density at radius 3 is 1.86 bits per heavy atom. The van der Waals surface area contributed by atoms with Gasteiger partial charge in [-0.1, -0.05) is 66.7 Å². The maximum atomic E-state index is 10.5. The highest BCUT2D eigenvalue weighted by Crippen LogP contribution is 2.34. The van der Waals surface area contributed by atoms with Gasteiger partial charge in [0.05, 0.1) is 0 Å². The summed E-state index contributed by atoms with van der Waals surface area (Å²) in [6.07, 6.45) is 2.35. The fourth-order valence-electron chi connectivity index (χ4n) is 4.81. The van der Waals surface area contributed by atoms with Crippen molar-refractivity contribution in [2.24, 2.45) is 11.3 Å². The van der Waals surface area contributed by atoms with Crippen molar-refractivity contribution < 1.29 is 5.11 Å². The van der Waals surface area contributed by atoms with E-state index in [0.717, 1.165) is 34.6 Å². The molecule has 3 aromatic carbocycles. The first-order valence-electron chi connectivity index (χ1n) is 12.8. The fourth-order valence-corrected chi connectivity index (χ4v) is 4.81. The number of phenols is 1. The number of anilines is 3. The molecule has 1 atom stereocenters. The van der Waals surface area contributed by atoms with Crippen molar-refractivity contribution in [3.63, 3.8) is 0 Å². The van der Waals surface area contributed by atoms with E-state index in [1.165, 1.54) is 17.5 Å². The van der Waals surface area contributed by atoms with Crippen LogP contribution in [0.25, 0.3) is 0 Å². The minimum atomic E-state index is -0.0962. The highest BCUT2D eigenvalue weighted by atomic mass is 16.3. The van der Waals surface area contributed by atoms with E-state index in [-0.39, 0.29) is 5.41 Å². The van der Waals surface area contributed by atoms with E-state index in [2.05, 4.69) is 120 Å². The normalized spacial score (nSPS) is 12.9. The molecule has 3 rings (SSSR count). The van der Waals surface area contributed by atoms with Gasteiger partial charge in [0.15, 0.2) is 0 Å². The fraction of sp³-hybridized carbons (Fsp3) is 0.438. The average Bonchev–Trinajstić information content (AvgIpc) is 2.74. The van der Waals surface area contributed by atoms with E-state index in [1.807, 2.05) is 6.92 Å². The summed E-state index contributed by atoms with van der Waals surface area (Å²) in [4.78, 5) is 0. The number of benzene rings is 3. The van der Waals surface area contributed by atoms with E-state index in [0.29, 0.717) is 23.6 Å². The standard InChI is InChI=1S/C32H44N2O/c1-22(20-31(3,4)5)17-24-9-11-27(12-10-24)34-28-15-13-26(14-16-28)33-21-25-18-23(2)30(35)29(19-25)32(6,7)8/h9-16,18-19,22,33-35H,17,20-21H2,1-8H3. The van der Waals surface area contributed by atoms with E-state index < -0.39 is 0 Å². The topological polar surface area (TPSA) is 44.3 Å². The quantitative estimate of drug-likeness (QED) is 0.306. The van der Waals surface area contributed by atoms with Crippen molar-refractivity contribution in [2.75, 3.05) is 10.6 Å². The van der Waals surface area contributed by atoms with Crippen LogP contribution < -0.4 is 10.6 Å². The van der Waals surface area contributed by atoms with Crippen molar-refractivity contribution in [1.29, 1.82) is 0 Å². The highest BCUT2D eigenvalue weighted by molar-refractivity contribution is 5.62. The third kappa shape index (κ3) is 8.06.